The second kappa shape index (κ2) is 6.36. The van der Waals surface area contributed by atoms with Crippen LogP contribution in [0.2, 0.25) is 0 Å². The van der Waals surface area contributed by atoms with Gasteiger partial charge in [-0.2, -0.15) is 0 Å². The van der Waals surface area contributed by atoms with Gasteiger partial charge >= 0.3 is 11.9 Å². The maximum Gasteiger partial charge on any atom is 0.347 e. The molecule has 0 saturated heterocycles. The van der Waals surface area contributed by atoms with E-state index in [0.29, 0.717) is 28.2 Å². The highest BCUT2D eigenvalue weighted by molar-refractivity contribution is 5.95. The van der Waals surface area contributed by atoms with Crippen LogP contribution in [0.25, 0.3) is 6.08 Å². The lowest BCUT2D eigenvalue weighted by Crippen LogP contribution is -2.07. The largest absolute Gasteiger partial charge is 0.485 e. The molecule has 5 heteroatoms. The fourth-order valence-electron chi connectivity index (χ4n) is 2.28. The van der Waals surface area contributed by atoms with Gasteiger partial charge in [-0.05, 0) is 29.8 Å². The molecule has 0 atom stereocenters. The summed E-state index contributed by atoms with van der Waals surface area (Å²) in [7, 11) is 1.32. The molecular formula is C18H14O5. The van der Waals surface area contributed by atoms with E-state index in [1.54, 1.807) is 54.6 Å². The van der Waals surface area contributed by atoms with Crippen LogP contribution in [0.15, 0.2) is 54.3 Å². The molecule has 2 aromatic rings. The smallest absolute Gasteiger partial charge is 0.347 e. The fraction of sp³-hybridized carbons (Fsp3) is 0.111. The SMILES string of the molecule is COC(=O)c1ccccc1/C=C1/COc2ccccc2C(=O)O1. The van der Waals surface area contributed by atoms with Gasteiger partial charge < -0.3 is 14.2 Å². The number of carbonyl (C=O) groups is 2. The van der Waals surface area contributed by atoms with Gasteiger partial charge in [0.05, 0.1) is 12.7 Å². The highest BCUT2D eigenvalue weighted by Gasteiger charge is 2.21. The van der Waals surface area contributed by atoms with Gasteiger partial charge in [-0.3, -0.25) is 0 Å². The van der Waals surface area contributed by atoms with Crippen LogP contribution in [0, 0.1) is 0 Å². The van der Waals surface area contributed by atoms with Crippen LogP contribution in [-0.4, -0.2) is 25.7 Å². The number of para-hydroxylation sites is 1. The highest BCUT2D eigenvalue weighted by Crippen LogP contribution is 2.25. The van der Waals surface area contributed by atoms with E-state index < -0.39 is 11.9 Å². The van der Waals surface area contributed by atoms with Gasteiger partial charge in [0.2, 0.25) is 0 Å². The average molecular weight is 310 g/mol. The molecule has 2 aromatic carbocycles. The van der Waals surface area contributed by atoms with Crippen molar-refractivity contribution in [3.63, 3.8) is 0 Å². The van der Waals surface area contributed by atoms with Crippen LogP contribution in [0.1, 0.15) is 26.3 Å². The molecule has 0 unspecified atom stereocenters. The van der Waals surface area contributed by atoms with Gasteiger partial charge in [-0.25, -0.2) is 9.59 Å². The van der Waals surface area contributed by atoms with E-state index in [1.807, 2.05) is 0 Å². The Labute approximate surface area is 133 Å². The first-order chi connectivity index (χ1) is 11.2. The Morgan fingerprint density at radius 3 is 2.70 bits per heavy atom. The summed E-state index contributed by atoms with van der Waals surface area (Å²) in [5.41, 5.74) is 1.36. The van der Waals surface area contributed by atoms with Gasteiger partial charge in [-0.1, -0.05) is 30.3 Å². The number of benzene rings is 2. The molecule has 0 aliphatic carbocycles. The van der Waals surface area contributed by atoms with Crippen LogP contribution in [-0.2, 0) is 9.47 Å². The van der Waals surface area contributed by atoms with E-state index in [-0.39, 0.29) is 6.61 Å². The Hall–Kier alpha value is -3.08. The summed E-state index contributed by atoms with van der Waals surface area (Å²) in [6.45, 7) is 0.0955. The molecule has 0 N–H and O–H groups in total. The first kappa shape index (κ1) is 14.8. The zero-order valence-electron chi connectivity index (χ0n) is 12.4. The molecule has 1 aliphatic heterocycles. The van der Waals surface area contributed by atoms with Gasteiger partial charge in [0, 0.05) is 0 Å². The zero-order valence-corrected chi connectivity index (χ0v) is 12.4. The molecule has 0 amide bonds. The lowest BCUT2D eigenvalue weighted by Gasteiger charge is -2.07. The quantitative estimate of drug-likeness (QED) is 0.798. The maximum atomic E-state index is 12.1. The Kier molecular flexibility index (Phi) is 4.10. The number of esters is 2. The first-order valence-electron chi connectivity index (χ1n) is 7.01. The van der Waals surface area contributed by atoms with Crippen molar-refractivity contribution in [3.05, 3.63) is 71.0 Å². The van der Waals surface area contributed by atoms with Gasteiger partial charge in [-0.15, -0.1) is 0 Å². The monoisotopic (exact) mass is 310 g/mol. The lowest BCUT2D eigenvalue weighted by molar-refractivity contribution is 0.0599. The predicted octanol–water partition coefficient (Wildman–Crippen LogP) is 3.06. The minimum Gasteiger partial charge on any atom is -0.485 e. The molecule has 0 bridgehead atoms. The Morgan fingerprint density at radius 1 is 1.13 bits per heavy atom. The van der Waals surface area contributed by atoms with Crippen molar-refractivity contribution in [2.24, 2.45) is 0 Å². The van der Waals surface area contributed by atoms with Crippen molar-refractivity contribution in [3.8, 4) is 5.75 Å². The minimum atomic E-state index is -0.486. The van der Waals surface area contributed by atoms with Crippen LogP contribution in [0.5, 0.6) is 5.75 Å². The molecule has 0 radical (unpaired) electrons. The first-order valence-corrected chi connectivity index (χ1v) is 7.01. The Bertz CT molecular complexity index is 792. The van der Waals surface area contributed by atoms with Gasteiger partial charge in [0.15, 0.2) is 0 Å². The van der Waals surface area contributed by atoms with Crippen molar-refractivity contribution >= 4 is 18.0 Å². The predicted molar refractivity (Wildman–Crippen MR) is 83.1 cm³/mol. The molecule has 0 fully saturated rings. The third-order valence-corrected chi connectivity index (χ3v) is 3.38. The van der Waals surface area contributed by atoms with Gasteiger partial charge in [0.25, 0.3) is 0 Å². The molecule has 0 spiro atoms. The van der Waals surface area contributed by atoms with E-state index in [9.17, 15) is 9.59 Å². The highest BCUT2D eigenvalue weighted by atomic mass is 16.6. The van der Waals surface area contributed by atoms with Crippen LogP contribution >= 0.6 is 0 Å². The molecule has 23 heavy (non-hydrogen) atoms. The van der Waals surface area contributed by atoms with E-state index in [1.165, 1.54) is 7.11 Å². The van der Waals surface area contributed by atoms with Crippen molar-refractivity contribution in [1.82, 2.24) is 0 Å². The van der Waals surface area contributed by atoms with Crippen LogP contribution < -0.4 is 4.74 Å². The molecule has 1 aliphatic rings. The van der Waals surface area contributed by atoms with Gasteiger partial charge in [0.1, 0.15) is 23.7 Å². The van der Waals surface area contributed by atoms with E-state index >= 15 is 0 Å². The molecule has 3 rings (SSSR count). The molecule has 116 valence electrons. The number of hydrogen-bond acceptors (Lipinski definition) is 5. The number of ether oxygens (including phenoxy) is 3. The summed E-state index contributed by atoms with van der Waals surface area (Å²) in [4.78, 5) is 23.9. The summed E-state index contributed by atoms with van der Waals surface area (Å²) in [5.74, 6) is -0.147. The molecule has 0 aromatic heterocycles. The van der Waals surface area contributed by atoms with Crippen molar-refractivity contribution in [2.45, 2.75) is 0 Å². The standard InChI is InChI=1S/C18H14O5/c1-21-17(19)14-7-3-2-6-12(14)10-13-11-22-16-9-5-4-8-15(16)18(20)23-13/h2-10H,11H2,1H3/b13-10-. The maximum absolute atomic E-state index is 12.1. The summed E-state index contributed by atoms with van der Waals surface area (Å²) in [5, 5.41) is 0. The minimum absolute atomic E-state index is 0.0955. The zero-order chi connectivity index (χ0) is 16.2. The Morgan fingerprint density at radius 2 is 1.87 bits per heavy atom. The second-order valence-corrected chi connectivity index (χ2v) is 4.86. The Balaban J connectivity index is 1.94. The third-order valence-electron chi connectivity index (χ3n) is 3.38. The lowest BCUT2D eigenvalue weighted by atomic mass is 10.1. The molecule has 5 nitrogen and oxygen atoms in total. The van der Waals surface area contributed by atoms with Crippen molar-refractivity contribution in [1.29, 1.82) is 0 Å². The van der Waals surface area contributed by atoms with Crippen molar-refractivity contribution in [2.75, 3.05) is 13.7 Å². The average Bonchev–Trinajstić information content (AvgIpc) is 2.74. The molecular weight excluding hydrogens is 296 g/mol. The number of cyclic esters (lactones) is 1. The summed E-state index contributed by atoms with van der Waals surface area (Å²) in [6, 6.07) is 13.8. The summed E-state index contributed by atoms with van der Waals surface area (Å²) in [6.07, 6.45) is 1.61. The molecule has 1 heterocycles. The van der Waals surface area contributed by atoms with E-state index in [0.717, 1.165) is 0 Å². The van der Waals surface area contributed by atoms with Crippen LogP contribution in [0.4, 0.5) is 0 Å². The number of hydrogen-bond donors (Lipinski definition) is 0. The van der Waals surface area contributed by atoms with E-state index in [4.69, 9.17) is 14.2 Å². The topological polar surface area (TPSA) is 61.8 Å². The second-order valence-electron chi connectivity index (χ2n) is 4.86. The normalized spacial score (nSPS) is 15.2. The third kappa shape index (κ3) is 3.08. The number of fused-ring (bicyclic) bond motifs is 1. The summed E-state index contributed by atoms with van der Waals surface area (Å²) >= 11 is 0. The van der Waals surface area contributed by atoms with Crippen molar-refractivity contribution < 1.29 is 23.8 Å². The summed E-state index contributed by atoms with van der Waals surface area (Å²) < 4.78 is 15.7. The molecule has 0 saturated carbocycles. The fourth-order valence-corrected chi connectivity index (χ4v) is 2.28. The number of carbonyl (C=O) groups excluding carboxylic acids is 2. The number of rotatable bonds is 2. The van der Waals surface area contributed by atoms with Crippen LogP contribution in [0.3, 0.4) is 0 Å². The number of methoxy groups -OCH3 is 1. The van der Waals surface area contributed by atoms with E-state index in [2.05, 4.69) is 0 Å².